The number of carbonyl (C=O) groups is 3. The predicted octanol–water partition coefficient (Wildman–Crippen LogP) is 7.20. The molecule has 0 unspecified atom stereocenters. The highest BCUT2D eigenvalue weighted by molar-refractivity contribution is 6.40. The fourth-order valence-electron chi connectivity index (χ4n) is 4.97. The topological polar surface area (TPSA) is 75.7 Å². The molecule has 5 aromatic rings. The van der Waals surface area contributed by atoms with Crippen molar-refractivity contribution in [1.82, 2.24) is 5.32 Å². The Kier molecular flexibility index (Phi) is 6.54. The van der Waals surface area contributed by atoms with Crippen LogP contribution < -0.4 is 15.0 Å². The van der Waals surface area contributed by atoms with Crippen molar-refractivity contribution in [2.45, 2.75) is 13.5 Å². The van der Waals surface area contributed by atoms with Crippen molar-refractivity contribution in [3.05, 3.63) is 124 Å². The SMILES string of the molecule is Cc1ccc(Cl)cc1N1C(=O)NC(=O)/C(=C\c2c(OCc3cccc4ccccc34)ccc3ccccc23)C1=O. The molecular formula is C33H23ClN2O4. The Morgan fingerprint density at radius 3 is 2.33 bits per heavy atom. The number of benzene rings is 5. The van der Waals surface area contributed by atoms with Gasteiger partial charge in [0.25, 0.3) is 11.8 Å². The lowest BCUT2D eigenvalue weighted by molar-refractivity contribution is -0.122. The molecule has 0 atom stereocenters. The minimum absolute atomic E-state index is 0.190. The molecule has 1 aliphatic heterocycles. The van der Waals surface area contributed by atoms with Crippen LogP contribution in [0.3, 0.4) is 0 Å². The standard InChI is InChI=1S/C33H23ClN2O4/c1-20-13-15-24(34)17-29(20)36-32(38)28(31(37)35-33(36)39)18-27-26-12-5-3-8-22(26)14-16-30(27)40-19-23-10-6-9-21-7-2-4-11-25(21)23/h2-18H,19H2,1H3,(H,35,37,39)/b28-18+. The van der Waals surface area contributed by atoms with Crippen molar-refractivity contribution in [3.8, 4) is 5.75 Å². The smallest absolute Gasteiger partial charge is 0.335 e. The Balaban J connectivity index is 1.44. The van der Waals surface area contributed by atoms with Crippen LogP contribution in [0, 0.1) is 6.92 Å². The van der Waals surface area contributed by atoms with Crippen LogP contribution in [0.15, 0.2) is 103 Å². The summed E-state index contributed by atoms with van der Waals surface area (Å²) < 4.78 is 6.33. The van der Waals surface area contributed by atoms with Crippen LogP contribution in [0.5, 0.6) is 5.75 Å². The molecule has 0 aliphatic carbocycles. The second kappa shape index (κ2) is 10.3. The number of aryl methyl sites for hydroxylation is 1. The van der Waals surface area contributed by atoms with E-state index in [0.29, 0.717) is 27.6 Å². The molecule has 6 nitrogen and oxygen atoms in total. The highest BCUT2D eigenvalue weighted by atomic mass is 35.5. The van der Waals surface area contributed by atoms with E-state index in [0.717, 1.165) is 32.0 Å². The third-order valence-electron chi connectivity index (χ3n) is 7.00. The number of nitrogens with zero attached hydrogens (tertiary/aromatic N) is 1. The van der Waals surface area contributed by atoms with Crippen LogP contribution in [0.4, 0.5) is 10.5 Å². The molecule has 7 heteroatoms. The highest BCUT2D eigenvalue weighted by Gasteiger charge is 2.37. The zero-order chi connectivity index (χ0) is 27.8. The summed E-state index contributed by atoms with van der Waals surface area (Å²) in [5, 5.41) is 6.56. The highest BCUT2D eigenvalue weighted by Crippen LogP contribution is 2.34. The number of rotatable bonds is 5. The lowest BCUT2D eigenvalue weighted by Gasteiger charge is -2.28. The number of hydrogen-bond acceptors (Lipinski definition) is 4. The molecule has 6 rings (SSSR count). The van der Waals surface area contributed by atoms with E-state index in [1.54, 1.807) is 19.1 Å². The number of ether oxygens (including phenoxy) is 1. The summed E-state index contributed by atoms with van der Waals surface area (Å²) in [4.78, 5) is 40.4. The predicted molar refractivity (Wildman–Crippen MR) is 157 cm³/mol. The minimum atomic E-state index is -0.831. The van der Waals surface area contributed by atoms with Gasteiger partial charge >= 0.3 is 6.03 Å². The first-order chi connectivity index (χ1) is 19.4. The van der Waals surface area contributed by atoms with E-state index in [2.05, 4.69) is 5.32 Å². The van der Waals surface area contributed by atoms with E-state index in [1.807, 2.05) is 78.9 Å². The van der Waals surface area contributed by atoms with Crippen LogP contribution in [-0.2, 0) is 16.2 Å². The Morgan fingerprint density at radius 2 is 1.52 bits per heavy atom. The molecule has 1 saturated heterocycles. The Hall–Kier alpha value is -4.94. The number of nitrogens with one attached hydrogen (secondary N) is 1. The summed E-state index contributed by atoms with van der Waals surface area (Å²) in [5.74, 6) is -1.02. The van der Waals surface area contributed by atoms with Gasteiger partial charge in [0.2, 0.25) is 0 Å². The molecule has 40 heavy (non-hydrogen) atoms. The van der Waals surface area contributed by atoms with E-state index in [4.69, 9.17) is 16.3 Å². The van der Waals surface area contributed by atoms with Crippen molar-refractivity contribution in [2.75, 3.05) is 4.90 Å². The average Bonchev–Trinajstić information content (AvgIpc) is 2.96. The van der Waals surface area contributed by atoms with Crippen LogP contribution in [0.1, 0.15) is 16.7 Å². The van der Waals surface area contributed by atoms with Gasteiger partial charge in [0.05, 0.1) is 5.69 Å². The van der Waals surface area contributed by atoms with Gasteiger partial charge in [-0.25, -0.2) is 9.69 Å². The van der Waals surface area contributed by atoms with Gasteiger partial charge in [-0.2, -0.15) is 0 Å². The zero-order valence-corrected chi connectivity index (χ0v) is 22.2. The molecule has 196 valence electrons. The zero-order valence-electron chi connectivity index (χ0n) is 21.5. The summed E-state index contributed by atoms with van der Waals surface area (Å²) in [6.07, 6.45) is 1.50. The van der Waals surface area contributed by atoms with Crippen molar-refractivity contribution in [1.29, 1.82) is 0 Å². The molecular weight excluding hydrogens is 524 g/mol. The van der Waals surface area contributed by atoms with E-state index in [-0.39, 0.29) is 12.2 Å². The molecule has 0 saturated carbocycles. The van der Waals surface area contributed by atoms with Gasteiger partial charge in [-0.1, -0.05) is 90.5 Å². The number of amides is 4. The fourth-order valence-corrected chi connectivity index (χ4v) is 5.13. The van der Waals surface area contributed by atoms with Crippen LogP contribution in [0.25, 0.3) is 27.6 Å². The number of carbonyl (C=O) groups excluding carboxylic acids is 3. The molecule has 1 fully saturated rings. The van der Waals surface area contributed by atoms with E-state index in [1.165, 1.54) is 12.1 Å². The van der Waals surface area contributed by atoms with Gasteiger partial charge in [-0.05, 0) is 63.9 Å². The summed E-state index contributed by atoms with van der Waals surface area (Å²) in [6, 6.07) is 29.6. The second-order valence-electron chi connectivity index (χ2n) is 9.51. The third kappa shape index (κ3) is 4.59. The van der Waals surface area contributed by atoms with Crippen LogP contribution >= 0.6 is 11.6 Å². The summed E-state index contributed by atoms with van der Waals surface area (Å²) >= 11 is 6.17. The van der Waals surface area contributed by atoms with Crippen molar-refractivity contribution in [3.63, 3.8) is 0 Å². The van der Waals surface area contributed by atoms with E-state index in [9.17, 15) is 14.4 Å². The molecule has 4 amide bonds. The number of hydrogen-bond donors (Lipinski definition) is 1. The van der Waals surface area contributed by atoms with Crippen molar-refractivity contribution >= 4 is 62.8 Å². The lowest BCUT2D eigenvalue weighted by Crippen LogP contribution is -2.54. The van der Waals surface area contributed by atoms with E-state index < -0.39 is 17.8 Å². The monoisotopic (exact) mass is 546 g/mol. The first-order valence-electron chi connectivity index (χ1n) is 12.7. The first-order valence-corrected chi connectivity index (χ1v) is 13.1. The van der Waals surface area contributed by atoms with Gasteiger partial charge in [0.1, 0.15) is 17.9 Å². The molecule has 1 N–H and O–H groups in total. The molecule has 5 aromatic carbocycles. The molecule has 0 radical (unpaired) electrons. The average molecular weight is 547 g/mol. The van der Waals surface area contributed by atoms with Crippen molar-refractivity contribution in [2.24, 2.45) is 0 Å². The minimum Gasteiger partial charge on any atom is -0.488 e. The molecule has 1 aliphatic rings. The van der Waals surface area contributed by atoms with Gasteiger partial charge in [0, 0.05) is 10.6 Å². The summed E-state index contributed by atoms with van der Waals surface area (Å²) in [5.41, 5.74) is 2.34. The van der Waals surface area contributed by atoms with Gasteiger partial charge in [0.15, 0.2) is 0 Å². The Morgan fingerprint density at radius 1 is 0.825 bits per heavy atom. The third-order valence-corrected chi connectivity index (χ3v) is 7.23. The van der Waals surface area contributed by atoms with Gasteiger partial charge in [-0.3, -0.25) is 14.9 Å². The number of imide groups is 2. The molecule has 0 bridgehead atoms. The first kappa shape index (κ1) is 25.3. The number of anilines is 1. The molecule has 1 heterocycles. The van der Waals surface area contributed by atoms with Crippen molar-refractivity contribution < 1.29 is 19.1 Å². The van der Waals surface area contributed by atoms with Crippen LogP contribution in [0.2, 0.25) is 5.02 Å². The molecule has 0 spiro atoms. The largest absolute Gasteiger partial charge is 0.488 e. The quantitative estimate of drug-likeness (QED) is 0.187. The second-order valence-corrected chi connectivity index (χ2v) is 9.95. The lowest BCUT2D eigenvalue weighted by atomic mass is 9.99. The number of fused-ring (bicyclic) bond motifs is 2. The maximum Gasteiger partial charge on any atom is 0.335 e. The maximum absolute atomic E-state index is 13.7. The fraction of sp³-hybridized carbons (Fsp3) is 0.0606. The number of urea groups is 1. The molecule has 0 aromatic heterocycles. The maximum atomic E-state index is 13.7. The number of halogens is 1. The van der Waals surface area contributed by atoms with Crippen LogP contribution in [-0.4, -0.2) is 17.8 Å². The van der Waals surface area contributed by atoms with E-state index >= 15 is 0 Å². The summed E-state index contributed by atoms with van der Waals surface area (Å²) in [6.45, 7) is 2.04. The van der Waals surface area contributed by atoms with Gasteiger partial charge < -0.3 is 4.74 Å². The van der Waals surface area contributed by atoms with Gasteiger partial charge in [-0.15, -0.1) is 0 Å². The normalized spacial score (nSPS) is 14.7. The Labute approximate surface area is 235 Å². The summed E-state index contributed by atoms with van der Waals surface area (Å²) in [7, 11) is 0. The number of barbiturate groups is 1. The Bertz CT molecular complexity index is 1870.